The van der Waals surface area contributed by atoms with Gasteiger partial charge in [-0.05, 0) is 37.1 Å². The van der Waals surface area contributed by atoms with Gasteiger partial charge in [0.2, 0.25) is 0 Å². The zero-order valence-electron chi connectivity index (χ0n) is 12.0. The first kappa shape index (κ1) is 13.8. The summed E-state index contributed by atoms with van der Waals surface area (Å²) in [5.41, 5.74) is 1.64. The number of nitrogens with zero attached hydrogens (tertiary/aromatic N) is 2. The third-order valence-corrected chi connectivity index (χ3v) is 4.02. The molecule has 1 saturated heterocycles. The van der Waals surface area contributed by atoms with Crippen LogP contribution in [0.1, 0.15) is 40.8 Å². The van der Waals surface area contributed by atoms with Crippen molar-refractivity contribution in [1.82, 2.24) is 15.1 Å². The maximum Gasteiger partial charge on any atom is 0.338 e. The van der Waals surface area contributed by atoms with Crippen LogP contribution in [0.5, 0.6) is 0 Å². The third kappa shape index (κ3) is 2.83. The highest BCUT2D eigenvalue weighted by atomic mass is 16.5. The van der Waals surface area contributed by atoms with Gasteiger partial charge in [-0.2, -0.15) is 5.10 Å². The van der Waals surface area contributed by atoms with Crippen LogP contribution >= 0.6 is 0 Å². The van der Waals surface area contributed by atoms with Gasteiger partial charge in [0.15, 0.2) is 0 Å². The second-order valence-corrected chi connectivity index (χ2v) is 5.25. The van der Waals surface area contributed by atoms with Crippen LogP contribution in [0.15, 0.2) is 42.7 Å². The van der Waals surface area contributed by atoms with E-state index in [2.05, 4.69) is 10.4 Å². The van der Waals surface area contributed by atoms with Crippen molar-refractivity contribution in [1.29, 1.82) is 0 Å². The lowest BCUT2D eigenvalue weighted by Gasteiger charge is -2.31. The van der Waals surface area contributed by atoms with Crippen molar-refractivity contribution in [3.8, 4) is 0 Å². The molecule has 1 aliphatic heterocycles. The van der Waals surface area contributed by atoms with Crippen LogP contribution in [-0.4, -0.2) is 29.4 Å². The van der Waals surface area contributed by atoms with E-state index in [0.29, 0.717) is 11.6 Å². The third-order valence-electron chi connectivity index (χ3n) is 4.02. The SMILES string of the molecule is COC(=O)c1ccccc1[C@@H]1C[C@@H](n2cccn2)CCN1. The Morgan fingerprint density at radius 2 is 2.24 bits per heavy atom. The molecule has 0 aliphatic carbocycles. The number of carbonyl (C=O) groups excluding carboxylic acids is 1. The van der Waals surface area contributed by atoms with Gasteiger partial charge in [0.25, 0.3) is 0 Å². The predicted molar refractivity (Wildman–Crippen MR) is 79.0 cm³/mol. The summed E-state index contributed by atoms with van der Waals surface area (Å²) >= 11 is 0. The summed E-state index contributed by atoms with van der Waals surface area (Å²) in [6, 6.07) is 10.1. The smallest absolute Gasteiger partial charge is 0.338 e. The first-order chi connectivity index (χ1) is 10.3. The number of carbonyl (C=O) groups is 1. The van der Waals surface area contributed by atoms with Crippen LogP contribution in [0.25, 0.3) is 0 Å². The normalized spacial score (nSPS) is 22.0. The summed E-state index contributed by atoms with van der Waals surface area (Å²) in [4.78, 5) is 11.9. The molecule has 1 N–H and O–H groups in total. The molecule has 0 radical (unpaired) electrons. The lowest BCUT2D eigenvalue weighted by Crippen LogP contribution is -2.34. The Kier molecular flexibility index (Phi) is 4.01. The fourth-order valence-electron chi connectivity index (χ4n) is 2.97. The summed E-state index contributed by atoms with van der Waals surface area (Å²) in [6.07, 6.45) is 5.76. The fraction of sp³-hybridized carbons (Fsp3) is 0.375. The molecule has 1 fully saturated rings. The quantitative estimate of drug-likeness (QED) is 0.879. The largest absolute Gasteiger partial charge is 0.465 e. The highest BCUT2D eigenvalue weighted by Crippen LogP contribution is 2.31. The van der Waals surface area contributed by atoms with E-state index in [4.69, 9.17) is 4.74 Å². The number of methoxy groups -OCH3 is 1. The van der Waals surface area contributed by atoms with Crippen molar-refractivity contribution in [2.45, 2.75) is 24.9 Å². The molecule has 0 amide bonds. The van der Waals surface area contributed by atoms with Crippen LogP contribution in [0.3, 0.4) is 0 Å². The molecular formula is C16H19N3O2. The van der Waals surface area contributed by atoms with E-state index in [1.54, 1.807) is 6.20 Å². The van der Waals surface area contributed by atoms with Gasteiger partial charge in [-0.3, -0.25) is 4.68 Å². The van der Waals surface area contributed by atoms with Gasteiger partial charge in [-0.1, -0.05) is 18.2 Å². The average molecular weight is 285 g/mol. The van der Waals surface area contributed by atoms with Gasteiger partial charge in [0, 0.05) is 18.4 Å². The minimum atomic E-state index is -0.284. The predicted octanol–water partition coefficient (Wildman–Crippen LogP) is 2.34. The topological polar surface area (TPSA) is 56.2 Å². The van der Waals surface area contributed by atoms with Gasteiger partial charge < -0.3 is 10.1 Å². The maximum atomic E-state index is 11.9. The lowest BCUT2D eigenvalue weighted by molar-refractivity contribution is 0.0598. The van der Waals surface area contributed by atoms with Crippen molar-refractivity contribution in [2.24, 2.45) is 0 Å². The van der Waals surface area contributed by atoms with Gasteiger partial charge in [-0.25, -0.2) is 4.79 Å². The number of rotatable bonds is 3. The molecule has 1 aromatic carbocycles. The highest BCUT2D eigenvalue weighted by molar-refractivity contribution is 5.91. The summed E-state index contributed by atoms with van der Waals surface area (Å²) in [7, 11) is 1.42. The first-order valence-electron chi connectivity index (χ1n) is 7.19. The van der Waals surface area contributed by atoms with Crippen LogP contribution < -0.4 is 5.32 Å². The molecule has 0 bridgehead atoms. The van der Waals surface area contributed by atoms with E-state index in [0.717, 1.165) is 24.9 Å². The number of aromatic nitrogens is 2. The van der Waals surface area contributed by atoms with Crippen molar-refractivity contribution >= 4 is 5.97 Å². The number of esters is 1. The molecule has 3 rings (SSSR count). The van der Waals surface area contributed by atoms with E-state index in [1.807, 2.05) is 41.2 Å². The highest BCUT2D eigenvalue weighted by Gasteiger charge is 2.27. The Balaban J connectivity index is 1.85. The lowest BCUT2D eigenvalue weighted by atomic mass is 9.91. The number of nitrogens with one attached hydrogen (secondary N) is 1. The molecule has 2 heterocycles. The monoisotopic (exact) mass is 285 g/mol. The van der Waals surface area contributed by atoms with Gasteiger partial charge in [-0.15, -0.1) is 0 Å². The Bertz CT molecular complexity index is 610. The number of benzene rings is 1. The van der Waals surface area contributed by atoms with Crippen LogP contribution in [-0.2, 0) is 4.74 Å². The molecular weight excluding hydrogens is 266 g/mol. The molecule has 2 atom stereocenters. The van der Waals surface area contributed by atoms with Crippen molar-refractivity contribution in [3.63, 3.8) is 0 Å². The molecule has 0 saturated carbocycles. The Labute approximate surface area is 123 Å². The Morgan fingerprint density at radius 3 is 3.00 bits per heavy atom. The fourth-order valence-corrected chi connectivity index (χ4v) is 2.97. The minimum absolute atomic E-state index is 0.142. The molecule has 5 heteroatoms. The van der Waals surface area contributed by atoms with Crippen molar-refractivity contribution in [3.05, 3.63) is 53.9 Å². The van der Waals surface area contributed by atoms with Gasteiger partial charge in [0.05, 0.1) is 18.7 Å². The molecule has 5 nitrogen and oxygen atoms in total. The van der Waals surface area contributed by atoms with E-state index in [9.17, 15) is 4.79 Å². The summed E-state index contributed by atoms with van der Waals surface area (Å²) < 4.78 is 6.89. The van der Waals surface area contributed by atoms with Gasteiger partial charge >= 0.3 is 5.97 Å². The second-order valence-electron chi connectivity index (χ2n) is 5.25. The number of hydrogen-bond donors (Lipinski definition) is 1. The zero-order valence-corrected chi connectivity index (χ0v) is 12.0. The zero-order chi connectivity index (χ0) is 14.7. The molecule has 1 aromatic heterocycles. The van der Waals surface area contributed by atoms with E-state index < -0.39 is 0 Å². The molecule has 0 spiro atoms. The molecule has 1 aliphatic rings. The van der Waals surface area contributed by atoms with Crippen molar-refractivity contribution < 1.29 is 9.53 Å². The number of piperidine rings is 1. The molecule has 2 aromatic rings. The molecule has 21 heavy (non-hydrogen) atoms. The molecule has 110 valence electrons. The van der Waals surface area contributed by atoms with Crippen LogP contribution in [0.2, 0.25) is 0 Å². The summed E-state index contributed by atoms with van der Waals surface area (Å²) in [5, 5.41) is 7.84. The Hall–Kier alpha value is -2.14. The van der Waals surface area contributed by atoms with E-state index >= 15 is 0 Å². The second kappa shape index (κ2) is 6.10. The Morgan fingerprint density at radius 1 is 1.38 bits per heavy atom. The first-order valence-corrected chi connectivity index (χ1v) is 7.19. The number of hydrogen-bond acceptors (Lipinski definition) is 4. The van der Waals surface area contributed by atoms with E-state index in [1.165, 1.54) is 7.11 Å². The van der Waals surface area contributed by atoms with Crippen LogP contribution in [0.4, 0.5) is 0 Å². The van der Waals surface area contributed by atoms with Crippen LogP contribution in [0, 0.1) is 0 Å². The van der Waals surface area contributed by atoms with Gasteiger partial charge in [0.1, 0.15) is 0 Å². The summed E-state index contributed by atoms with van der Waals surface area (Å²) in [6.45, 7) is 0.907. The van der Waals surface area contributed by atoms with Crippen molar-refractivity contribution in [2.75, 3.05) is 13.7 Å². The summed E-state index contributed by atoms with van der Waals surface area (Å²) in [5.74, 6) is -0.284. The standard InChI is InChI=1S/C16H19N3O2/c1-21-16(20)14-6-3-2-5-13(14)15-11-12(7-9-17-15)19-10-4-8-18-19/h2-6,8,10,12,15,17H,7,9,11H2,1H3/t12-,15-/m0/s1. The minimum Gasteiger partial charge on any atom is -0.465 e. The number of ether oxygens (including phenoxy) is 1. The maximum absolute atomic E-state index is 11.9. The molecule has 0 unspecified atom stereocenters. The van der Waals surface area contributed by atoms with E-state index in [-0.39, 0.29) is 12.0 Å². The average Bonchev–Trinajstić information content (AvgIpc) is 3.09.